The third-order valence-electron chi connectivity index (χ3n) is 5.84. The van der Waals surface area contributed by atoms with Gasteiger partial charge in [-0.15, -0.1) is 0 Å². The molecule has 4 rings (SSSR count). The summed E-state index contributed by atoms with van der Waals surface area (Å²) in [5.74, 6) is -0.596. The van der Waals surface area contributed by atoms with Crippen molar-refractivity contribution in [2.24, 2.45) is 0 Å². The quantitative estimate of drug-likeness (QED) is 0.219. The summed E-state index contributed by atoms with van der Waals surface area (Å²) < 4.78 is 17.7. The SMILES string of the molecule is CCOc1ccc(NC(=O)CN2C(=O)S/C(=C/c3cc(Br)c(OCc4ccc(C(=O)O)cc4)c(OCC)c3)C2=O)cc1. The van der Waals surface area contributed by atoms with Crippen molar-refractivity contribution in [3.05, 3.63) is 86.7 Å². The predicted molar refractivity (Wildman–Crippen MR) is 162 cm³/mol. The standard InChI is InChI=1S/C30H27BrN2O8S/c1-3-39-22-11-9-21(10-12-22)32-26(34)16-33-28(35)25(42-30(33)38)15-19-13-23(31)27(24(14-19)40-4-2)41-17-18-5-7-20(8-6-18)29(36)37/h5-15H,3-4,16-17H2,1-2H3,(H,32,34)(H,36,37)/b25-15+. The molecule has 10 nitrogen and oxygen atoms in total. The summed E-state index contributed by atoms with van der Waals surface area (Å²) in [6, 6.07) is 16.5. The average Bonchev–Trinajstić information content (AvgIpc) is 3.21. The molecule has 0 aliphatic carbocycles. The van der Waals surface area contributed by atoms with E-state index in [0.717, 1.165) is 22.2 Å². The molecule has 0 radical (unpaired) electrons. The van der Waals surface area contributed by atoms with Crippen molar-refractivity contribution < 1.29 is 38.5 Å². The molecule has 0 saturated carbocycles. The van der Waals surface area contributed by atoms with Crippen LogP contribution < -0.4 is 19.5 Å². The summed E-state index contributed by atoms with van der Waals surface area (Å²) in [5, 5.41) is 11.2. The highest BCUT2D eigenvalue weighted by Crippen LogP contribution is 2.39. The zero-order chi connectivity index (χ0) is 30.2. The number of amides is 3. The third-order valence-corrected chi connectivity index (χ3v) is 7.33. The Balaban J connectivity index is 1.44. The van der Waals surface area contributed by atoms with E-state index in [1.54, 1.807) is 54.6 Å². The van der Waals surface area contributed by atoms with Crippen molar-refractivity contribution >= 4 is 62.5 Å². The van der Waals surface area contributed by atoms with Gasteiger partial charge in [0.25, 0.3) is 11.1 Å². The molecular formula is C30H27BrN2O8S. The summed E-state index contributed by atoms with van der Waals surface area (Å²) in [4.78, 5) is 50.3. The highest BCUT2D eigenvalue weighted by Gasteiger charge is 2.36. The van der Waals surface area contributed by atoms with Crippen molar-refractivity contribution in [3.8, 4) is 17.2 Å². The van der Waals surface area contributed by atoms with E-state index in [1.165, 1.54) is 12.1 Å². The highest BCUT2D eigenvalue weighted by molar-refractivity contribution is 9.10. The van der Waals surface area contributed by atoms with Crippen LogP contribution in [0.4, 0.5) is 10.5 Å². The van der Waals surface area contributed by atoms with Crippen molar-refractivity contribution in [1.82, 2.24) is 4.90 Å². The number of anilines is 1. The summed E-state index contributed by atoms with van der Waals surface area (Å²) in [6.45, 7) is 4.29. The molecule has 0 spiro atoms. The number of nitrogens with zero attached hydrogens (tertiary/aromatic N) is 1. The van der Waals surface area contributed by atoms with Crippen molar-refractivity contribution in [2.75, 3.05) is 25.1 Å². The molecule has 0 atom stereocenters. The lowest BCUT2D eigenvalue weighted by molar-refractivity contribution is -0.127. The van der Waals surface area contributed by atoms with E-state index in [1.807, 2.05) is 13.8 Å². The Bertz CT molecular complexity index is 1520. The molecule has 0 bridgehead atoms. The van der Waals surface area contributed by atoms with Gasteiger partial charge in [-0.25, -0.2) is 4.79 Å². The number of aromatic carboxylic acids is 1. The normalized spacial score (nSPS) is 13.8. The number of carboxylic acid groups (broad SMARTS) is 1. The molecule has 0 aromatic heterocycles. The van der Waals surface area contributed by atoms with Gasteiger partial charge in [0, 0.05) is 5.69 Å². The van der Waals surface area contributed by atoms with Gasteiger partial charge in [-0.3, -0.25) is 19.3 Å². The number of benzene rings is 3. The zero-order valence-electron chi connectivity index (χ0n) is 22.7. The first-order chi connectivity index (χ1) is 20.2. The van der Waals surface area contributed by atoms with Crippen LogP contribution >= 0.6 is 27.7 Å². The Kier molecular flexibility index (Phi) is 10.3. The number of halogens is 1. The minimum atomic E-state index is -1.01. The Morgan fingerprint density at radius 1 is 0.976 bits per heavy atom. The van der Waals surface area contributed by atoms with Gasteiger partial charge in [0.15, 0.2) is 11.5 Å². The molecular weight excluding hydrogens is 628 g/mol. The number of hydrogen-bond acceptors (Lipinski definition) is 8. The van der Waals surface area contributed by atoms with Crippen LogP contribution in [-0.4, -0.2) is 52.8 Å². The minimum Gasteiger partial charge on any atom is -0.494 e. The van der Waals surface area contributed by atoms with E-state index in [4.69, 9.17) is 19.3 Å². The largest absolute Gasteiger partial charge is 0.494 e. The first-order valence-electron chi connectivity index (χ1n) is 12.9. The smallest absolute Gasteiger partial charge is 0.335 e. The average molecular weight is 656 g/mol. The summed E-state index contributed by atoms with van der Waals surface area (Å²) in [5.41, 5.74) is 2.03. The number of imide groups is 1. The Labute approximate surface area is 254 Å². The molecule has 0 unspecified atom stereocenters. The summed E-state index contributed by atoms with van der Waals surface area (Å²) in [6.07, 6.45) is 1.55. The summed E-state index contributed by atoms with van der Waals surface area (Å²) in [7, 11) is 0. The van der Waals surface area contributed by atoms with Gasteiger partial charge >= 0.3 is 5.97 Å². The first kappa shape index (κ1) is 30.7. The van der Waals surface area contributed by atoms with Crippen molar-refractivity contribution in [1.29, 1.82) is 0 Å². The van der Waals surface area contributed by atoms with Gasteiger partial charge in [-0.2, -0.15) is 0 Å². The molecule has 1 fully saturated rings. The predicted octanol–water partition coefficient (Wildman–Crippen LogP) is 6.20. The molecule has 1 aliphatic rings. The number of nitrogens with one attached hydrogen (secondary N) is 1. The van der Waals surface area contributed by atoms with Crippen molar-refractivity contribution in [2.45, 2.75) is 20.5 Å². The van der Waals surface area contributed by atoms with E-state index in [0.29, 0.717) is 46.2 Å². The van der Waals surface area contributed by atoms with Gasteiger partial charge in [0.05, 0.1) is 28.2 Å². The van der Waals surface area contributed by atoms with Crippen LogP contribution in [0, 0.1) is 0 Å². The zero-order valence-corrected chi connectivity index (χ0v) is 25.1. The monoisotopic (exact) mass is 654 g/mol. The Morgan fingerprint density at radius 2 is 1.67 bits per heavy atom. The molecule has 3 aromatic rings. The first-order valence-corrected chi connectivity index (χ1v) is 14.5. The molecule has 12 heteroatoms. The number of rotatable bonds is 12. The van der Waals surface area contributed by atoms with E-state index < -0.39 is 29.6 Å². The van der Waals surface area contributed by atoms with Gasteiger partial charge < -0.3 is 24.6 Å². The van der Waals surface area contributed by atoms with Gasteiger partial charge in [-0.1, -0.05) is 12.1 Å². The van der Waals surface area contributed by atoms with E-state index in [2.05, 4.69) is 21.2 Å². The summed E-state index contributed by atoms with van der Waals surface area (Å²) >= 11 is 4.24. The number of carbonyl (C=O) groups excluding carboxylic acids is 3. The van der Waals surface area contributed by atoms with Gasteiger partial charge in [-0.05, 0) is 107 Å². The third kappa shape index (κ3) is 7.71. The fourth-order valence-electron chi connectivity index (χ4n) is 3.91. The maximum Gasteiger partial charge on any atom is 0.335 e. The van der Waals surface area contributed by atoms with Crippen LogP contribution in [0.2, 0.25) is 0 Å². The highest BCUT2D eigenvalue weighted by atomic mass is 79.9. The van der Waals surface area contributed by atoms with Crippen LogP contribution in [0.15, 0.2) is 70.0 Å². The topological polar surface area (TPSA) is 131 Å². The van der Waals surface area contributed by atoms with Crippen LogP contribution in [0.25, 0.3) is 6.08 Å². The molecule has 2 N–H and O–H groups in total. The lowest BCUT2D eigenvalue weighted by Gasteiger charge is -2.15. The van der Waals surface area contributed by atoms with Crippen LogP contribution in [0.1, 0.15) is 35.3 Å². The van der Waals surface area contributed by atoms with E-state index in [-0.39, 0.29) is 17.1 Å². The molecule has 1 aliphatic heterocycles. The van der Waals surface area contributed by atoms with Crippen LogP contribution in [-0.2, 0) is 16.2 Å². The molecule has 3 aromatic carbocycles. The van der Waals surface area contributed by atoms with Gasteiger partial charge in [0.1, 0.15) is 18.9 Å². The van der Waals surface area contributed by atoms with Crippen LogP contribution in [0.5, 0.6) is 17.2 Å². The lowest BCUT2D eigenvalue weighted by atomic mass is 10.1. The number of ether oxygens (including phenoxy) is 3. The maximum atomic E-state index is 13.0. The minimum absolute atomic E-state index is 0.162. The molecule has 1 saturated heterocycles. The Hall–Kier alpha value is -4.29. The molecule has 3 amide bonds. The second-order valence-electron chi connectivity index (χ2n) is 8.83. The molecule has 1 heterocycles. The Morgan fingerprint density at radius 3 is 2.31 bits per heavy atom. The number of hydrogen-bond donors (Lipinski definition) is 2. The molecule has 42 heavy (non-hydrogen) atoms. The second-order valence-corrected chi connectivity index (χ2v) is 10.7. The van der Waals surface area contributed by atoms with Crippen LogP contribution in [0.3, 0.4) is 0 Å². The second kappa shape index (κ2) is 14.1. The number of carboxylic acids is 1. The number of carbonyl (C=O) groups is 4. The van der Waals surface area contributed by atoms with Crippen molar-refractivity contribution in [3.63, 3.8) is 0 Å². The van der Waals surface area contributed by atoms with E-state index >= 15 is 0 Å². The molecule has 218 valence electrons. The fraction of sp³-hybridized carbons (Fsp3) is 0.200. The fourth-order valence-corrected chi connectivity index (χ4v) is 5.32. The van der Waals surface area contributed by atoms with Gasteiger partial charge in [0.2, 0.25) is 5.91 Å². The number of thioether (sulfide) groups is 1. The lowest BCUT2D eigenvalue weighted by Crippen LogP contribution is -2.36. The van der Waals surface area contributed by atoms with E-state index in [9.17, 15) is 19.2 Å². The maximum absolute atomic E-state index is 13.0.